The summed E-state index contributed by atoms with van der Waals surface area (Å²) in [5, 5.41) is 18.6. The Labute approximate surface area is 336 Å². The van der Waals surface area contributed by atoms with Crippen molar-refractivity contribution in [1.82, 2.24) is 9.38 Å². The Morgan fingerprint density at radius 3 is 2.11 bits per heavy atom. The number of aliphatic hydroxyl groups is 1. The number of benzene rings is 4. The first-order valence-electron chi connectivity index (χ1n) is 19.7. The van der Waals surface area contributed by atoms with E-state index in [-0.39, 0.29) is 48.9 Å². The number of nitrogens with zero attached hydrogens (tertiary/aromatic N) is 2. The molecule has 4 aromatic carbocycles. The van der Waals surface area contributed by atoms with Crippen LogP contribution in [0.5, 0.6) is 0 Å². The predicted octanol–water partition coefficient (Wildman–Crippen LogP) is 12.9. The van der Waals surface area contributed by atoms with E-state index in [2.05, 4.69) is 130 Å². The minimum absolute atomic E-state index is 0. The Kier molecular flexibility index (Phi) is 12.6. The monoisotopic (exact) mass is 914 g/mol. The van der Waals surface area contributed by atoms with Gasteiger partial charge in [-0.3, -0.25) is 9.78 Å². The van der Waals surface area contributed by atoms with Crippen molar-refractivity contribution >= 4 is 78.9 Å². The molecule has 0 spiro atoms. The van der Waals surface area contributed by atoms with Gasteiger partial charge in [-0.1, -0.05) is 139 Å². The Hall–Kier alpha value is -3.83. The summed E-state index contributed by atoms with van der Waals surface area (Å²) < 4.78 is 2.50. The molecule has 0 atom stereocenters. The minimum atomic E-state index is -1.57. The molecule has 4 nitrogen and oxygen atoms in total. The van der Waals surface area contributed by atoms with Crippen molar-refractivity contribution in [2.45, 2.75) is 100 Å². The number of pyridine rings is 2. The van der Waals surface area contributed by atoms with Crippen molar-refractivity contribution in [2.75, 3.05) is 0 Å². The van der Waals surface area contributed by atoms with E-state index < -0.39 is 8.07 Å². The van der Waals surface area contributed by atoms with Crippen LogP contribution in [0.15, 0.2) is 90.7 Å². The minimum Gasteiger partial charge on any atom is -0.512 e. The molecular weight excluding hydrogens is 857 g/mol. The first-order valence-corrected chi connectivity index (χ1v) is 23.2. The van der Waals surface area contributed by atoms with Crippen LogP contribution in [0.1, 0.15) is 79.7 Å². The summed E-state index contributed by atoms with van der Waals surface area (Å²) in [6.45, 7) is 22.4. The quantitative estimate of drug-likeness (QED) is 0.0392. The SMILES string of the molecule is CC(C)(C)Cc1c2ccccc2nc2c3[c-]c4ccccc4cc3n3c4cccc([Si](C)(C)C)c4cc3c12.CCC(CC)C(=O)/C=C(\O)C(CC)CC.[Ir]. The molecule has 0 amide bonds. The molecule has 0 aliphatic heterocycles. The van der Waals surface area contributed by atoms with E-state index in [4.69, 9.17) is 4.98 Å². The summed E-state index contributed by atoms with van der Waals surface area (Å²) in [5.41, 5.74) is 7.37. The molecule has 285 valence electrons. The molecule has 0 saturated heterocycles. The van der Waals surface area contributed by atoms with Crippen LogP contribution in [0.2, 0.25) is 19.6 Å². The molecule has 54 heavy (non-hydrogen) atoms. The van der Waals surface area contributed by atoms with Gasteiger partial charge < -0.3 is 9.51 Å². The van der Waals surface area contributed by atoms with Crippen molar-refractivity contribution in [1.29, 1.82) is 0 Å². The zero-order chi connectivity index (χ0) is 38.2. The zero-order valence-electron chi connectivity index (χ0n) is 33.9. The Balaban J connectivity index is 0.000000301. The maximum absolute atomic E-state index is 11.7. The van der Waals surface area contributed by atoms with Crippen LogP contribution in [0.25, 0.3) is 59.9 Å². The van der Waals surface area contributed by atoms with Gasteiger partial charge in [0.05, 0.1) is 19.3 Å². The third kappa shape index (κ3) is 8.08. The predicted molar refractivity (Wildman–Crippen MR) is 232 cm³/mol. The van der Waals surface area contributed by atoms with Crippen molar-refractivity contribution in [3.05, 3.63) is 102 Å². The van der Waals surface area contributed by atoms with Crippen LogP contribution >= 0.6 is 0 Å². The molecule has 1 radical (unpaired) electrons. The number of ketones is 1. The molecule has 3 aromatic heterocycles. The number of rotatable bonds is 9. The zero-order valence-corrected chi connectivity index (χ0v) is 37.3. The van der Waals surface area contributed by atoms with Crippen LogP contribution in [-0.4, -0.2) is 28.3 Å². The van der Waals surface area contributed by atoms with Gasteiger partial charge in [-0.05, 0) is 77.6 Å². The number of allylic oxidation sites excluding steroid dienone is 2. The van der Waals surface area contributed by atoms with Crippen molar-refractivity contribution in [3.63, 3.8) is 0 Å². The number of aliphatic hydroxyl groups excluding tert-OH is 1. The van der Waals surface area contributed by atoms with Crippen LogP contribution in [0, 0.1) is 23.3 Å². The van der Waals surface area contributed by atoms with E-state index in [9.17, 15) is 9.90 Å². The second kappa shape index (κ2) is 16.5. The summed E-state index contributed by atoms with van der Waals surface area (Å²) in [7, 11) is -1.57. The molecule has 0 fully saturated rings. The van der Waals surface area contributed by atoms with Gasteiger partial charge in [0, 0.05) is 60.0 Å². The maximum atomic E-state index is 11.7. The smallest absolute Gasteiger partial charge is 0.162 e. The molecule has 7 rings (SSSR count). The molecule has 6 heteroatoms. The van der Waals surface area contributed by atoms with Crippen molar-refractivity contribution in [3.8, 4) is 0 Å². The fourth-order valence-electron chi connectivity index (χ4n) is 8.07. The van der Waals surface area contributed by atoms with Gasteiger partial charge in [-0.25, -0.2) is 0 Å². The third-order valence-electron chi connectivity index (χ3n) is 10.9. The molecule has 7 aromatic rings. The fourth-order valence-corrected chi connectivity index (χ4v) is 9.67. The third-order valence-corrected chi connectivity index (χ3v) is 13.0. The second-order valence-corrected chi connectivity index (χ2v) is 22.1. The largest absolute Gasteiger partial charge is 0.512 e. The summed E-state index contributed by atoms with van der Waals surface area (Å²) >= 11 is 0. The molecule has 0 bridgehead atoms. The van der Waals surface area contributed by atoms with Crippen LogP contribution in [-0.2, 0) is 31.3 Å². The van der Waals surface area contributed by atoms with Crippen LogP contribution in [0.3, 0.4) is 0 Å². The van der Waals surface area contributed by atoms with E-state index in [0.717, 1.165) is 53.9 Å². The number of fused-ring (bicyclic) bond motifs is 10. The number of carbonyl (C=O) groups is 1. The fraction of sp³-hybridized carbons (Fsp3) is 0.375. The summed E-state index contributed by atoms with van der Waals surface area (Å²) in [4.78, 5) is 17.1. The molecule has 3 heterocycles. The molecule has 0 aliphatic carbocycles. The number of hydrogen-bond donors (Lipinski definition) is 1. The van der Waals surface area contributed by atoms with Gasteiger partial charge in [0.2, 0.25) is 0 Å². The van der Waals surface area contributed by atoms with E-state index in [1.807, 2.05) is 27.7 Å². The number of para-hydroxylation sites is 1. The van der Waals surface area contributed by atoms with E-state index >= 15 is 0 Å². The molecule has 0 unspecified atom stereocenters. The average molecular weight is 914 g/mol. The Morgan fingerprint density at radius 2 is 1.46 bits per heavy atom. The van der Waals surface area contributed by atoms with Gasteiger partial charge in [0.25, 0.3) is 0 Å². The number of aromatic nitrogens is 2. The summed E-state index contributed by atoms with van der Waals surface area (Å²) in [6, 6.07) is 32.8. The van der Waals surface area contributed by atoms with Gasteiger partial charge in [0.1, 0.15) is 0 Å². The normalized spacial score (nSPS) is 12.7. The molecule has 0 saturated carbocycles. The molecule has 1 N–H and O–H groups in total. The first-order chi connectivity index (χ1) is 25.2. The van der Waals surface area contributed by atoms with Crippen LogP contribution < -0.4 is 5.19 Å². The summed E-state index contributed by atoms with van der Waals surface area (Å²) in [6.07, 6.45) is 5.88. The topological polar surface area (TPSA) is 54.6 Å². The van der Waals surface area contributed by atoms with E-state index in [0.29, 0.717) is 0 Å². The van der Waals surface area contributed by atoms with Gasteiger partial charge in [-0.2, -0.15) is 0 Å². The maximum Gasteiger partial charge on any atom is 0.162 e. The summed E-state index contributed by atoms with van der Waals surface area (Å²) in [5.74, 6) is 0.547. The van der Waals surface area contributed by atoms with Crippen molar-refractivity contribution < 1.29 is 30.0 Å². The van der Waals surface area contributed by atoms with Gasteiger partial charge >= 0.3 is 0 Å². The number of hydrogen-bond acceptors (Lipinski definition) is 3. The molecular formula is C48H57IrN2O2Si-. The Morgan fingerprint density at radius 1 is 0.815 bits per heavy atom. The Bertz CT molecular complexity index is 2490. The van der Waals surface area contributed by atoms with Gasteiger partial charge in [0.15, 0.2) is 5.78 Å². The average Bonchev–Trinajstić information content (AvgIpc) is 3.51. The van der Waals surface area contributed by atoms with E-state index in [1.54, 1.807) is 0 Å². The first kappa shape index (κ1) is 41.3. The number of carbonyl (C=O) groups excluding carboxylic acids is 1. The van der Waals surface area contributed by atoms with Crippen molar-refractivity contribution in [2.24, 2.45) is 17.3 Å². The van der Waals surface area contributed by atoms with Gasteiger partial charge in [-0.15, -0.1) is 17.5 Å². The van der Waals surface area contributed by atoms with Crippen LogP contribution in [0.4, 0.5) is 0 Å². The standard InChI is InChI=1S/C35H33N2Si.C13H24O2.Ir/c1-35(2,3)21-27-24-14-9-10-15-28(24)36-34-26-18-22-12-7-8-13-23(22)19-30(26)37-29-16-11-17-32(38(4,5)6)25(29)20-31(37)33(27)34;1-5-10(6-2)12(14)9-13(15)11(7-3)8-4;/h7-17,19-20H,21H2,1-6H3;9-11,14H,5-8H2,1-4H3;/q-1;;/b;12-9-;. The second-order valence-electron chi connectivity index (χ2n) is 17.0. The molecule has 0 aliphatic rings. The van der Waals surface area contributed by atoms with E-state index in [1.165, 1.54) is 54.9 Å².